The molecule has 0 bridgehead atoms. The first-order valence-corrected chi connectivity index (χ1v) is 10.1. The lowest BCUT2D eigenvalue weighted by molar-refractivity contribution is 0.164. The molecular formula is C20H19BrN6O. The molecule has 4 aromatic rings. The highest BCUT2D eigenvalue weighted by Crippen LogP contribution is 2.31. The molecule has 1 aliphatic rings. The zero-order chi connectivity index (χ0) is 18.9. The molecule has 2 aromatic heterocycles. The van der Waals surface area contributed by atoms with E-state index in [1.807, 2.05) is 36.5 Å². The molecule has 1 aliphatic heterocycles. The van der Waals surface area contributed by atoms with Crippen LogP contribution in [0.25, 0.3) is 21.8 Å². The molecule has 0 aliphatic carbocycles. The van der Waals surface area contributed by atoms with E-state index in [4.69, 9.17) is 9.72 Å². The average molecular weight is 439 g/mol. The molecule has 142 valence electrons. The van der Waals surface area contributed by atoms with Gasteiger partial charge in [0.05, 0.1) is 11.7 Å². The summed E-state index contributed by atoms with van der Waals surface area (Å²) < 4.78 is 7.26. The third kappa shape index (κ3) is 3.53. The fourth-order valence-corrected chi connectivity index (χ4v) is 3.92. The van der Waals surface area contributed by atoms with Crippen LogP contribution in [-0.2, 0) is 0 Å². The van der Waals surface area contributed by atoms with Crippen molar-refractivity contribution in [1.82, 2.24) is 25.5 Å². The minimum Gasteiger partial charge on any atom is -0.488 e. The topological polar surface area (TPSA) is 87.8 Å². The standard InChI is InChI=1S/C20H19BrN6O/c21-14-7-13-10-23-20(25-15-2-1-12-11-24-27-17(12)9-15)26-19(13)18(8-14)28-16-3-5-22-6-4-16/h1-2,7-11,16,22H,3-6H2,(H,24,27)(H,23,25,26). The van der Waals surface area contributed by atoms with Crippen molar-refractivity contribution in [3.05, 3.63) is 47.2 Å². The Labute approximate surface area is 170 Å². The largest absolute Gasteiger partial charge is 0.488 e. The van der Waals surface area contributed by atoms with Gasteiger partial charge in [0, 0.05) is 27.1 Å². The smallest absolute Gasteiger partial charge is 0.227 e. The van der Waals surface area contributed by atoms with Crippen molar-refractivity contribution >= 4 is 49.4 Å². The summed E-state index contributed by atoms with van der Waals surface area (Å²) in [6.07, 6.45) is 5.81. The van der Waals surface area contributed by atoms with Crippen LogP contribution in [0.3, 0.4) is 0 Å². The van der Waals surface area contributed by atoms with Crippen molar-refractivity contribution in [3.63, 3.8) is 0 Å². The van der Waals surface area contributed by atoms with Crippen molar-refractivity contribution < 1.29 is 4.74 Å². The van der Waals surface area contributed by atoms with Gasteiger partial charge in [0.1, 0.15) is 17.4 Å². The predicted molar refractivity (Wildman–Crippen MR) is 113 cm³/mol. The maximum atomic E-state index is 6.30. The molecule has 0 radical (unpaired) electrons. The van der Waals surface area contributed by atoms with Crippen LogP contribution < -0.4 is 15.4 Å². The van der Waals surface area contributed by atoms with Crippen molar-refractivity contribution in [1.29, 1.82) is 0 Å². The number of nitrogens with zero attached hydrogens (tertiary/aromatic N) is 3. The molecule has 8 heteroatoms. The van der Waals surface area contributed by atoms with Gasteiger partial charge in [0.15, 0.2) is 0 Å². The third-order valence-corrected chi connectivity index (χ3v) is 5.35. The number of H-pyrrole nitrogens is 1. The average Bonchev–Trinajstić information content (AvgIpc) is 3.17. The molecule has 1 saturated heterocycles. The SMILES string of the molecule is Brc1cc(OC2CCNCC2)c2nc(Nc3ccc4cn[nH]c4c3)ncc2c1. The Kier molecular flexibility index (Phi) is 4.58. The van der Waals surface area contributed by atoms with E-state index in [0.717, 1.165) is 63.6 Å². The molecule has 0 unspecified atom stereocenters. The highest BCUT2D eigenvalue weighted by molar-refractivity contribution is 9.10. The lowest BCUT2D eigenvalue weighted by Crippen LogP contribution is -2.34. The first-order chi connectivity index (χ1) is 13.7. The molecular weight excluding hydrogens is 420 g/mol. The summed E-state index contributed by atoms with van der Waals surface area (Å²) in [6.45, 7) is 1.96. The summed E-state index contributed by atoms with van der Waals surface area (Å²) in [5.41, 5.74) is 2.67. The van der Waals surface area contributed by atoms with E-state index >= 15 is 0 Å². The van der Waals surface area contributed by atoms with E-state index in [9.17, 15) is 0 Å². The monoisotopic (exact) mass is 438 g/mol. The van der Waals surface area contributed by atoms with E-state index in [2.05, 4.69) is 41.7 Å². The van der Waals surface area contributed by atoms with Gasteiger partial charge in [-0.3, -0.25) is 5.10 Å². The molecule has 5 rings (SSSR count). The number of hydrogen-bond donors (Lipinski definition) is 3. The second-order valence-corrected chi connectivity index (χ2v) is 7.82. The van der Waals surface area contributed by atoms with E-state index < -0.39 is 0 Å². The number of piperidine rings is 1. The number of rotatable bonds is 4. The van der Waals surface area contributed by atoms with Crippen molar-refractivity contribution in [2.24, 2.45) is 0 Å². The maximum Gasteiger partial charge on any atom is 0.227 e. The van der Waals surface area contributed by atoms with E-state index in [-0.39, 0.29) is 6.10 Å². The number of halogens is 1. The van der Waals surface area contributed by atoms with Gasteiger partial charge in [-0.05, 0) is 56.3 Å². The Hall–Kier alpha value is -2.71. The number of ether oxygens (including phenoxy) is 1. The van der Waals surface area contributed by atoms with Crippen LogP contribution in [0.15, 0.2) is 47.2 Å². The molecule has 0 saturated carbocycles. The predicted octanol–water partition coefficient (Wildman–Crippen LogP) is 4.14. The number of anilines is 2. The lowest BCUT2D eigenvalue weighted by Gasteiger charge is -2.24. The van der Waals surface area contributed by atoms with Gasteiger partial charge in [0.2, 0.25) is 5.95 Å². The molecule has 2 aromatic carbocycles. The number of nitrogens with one attached hydrogen (secondary N) is 3. The van der Waals surface area contributed by atoms with Crippen LogP contribution in [0.1, 0.15) is 12.8 Å². The normalized spacial score (nSPS) is 15.2. The molecule has 0 atom stereocenters. The summed E-state index contributed by atoms with van der Waals surface area (Å²) in [4.78, 5) is 9.20. The summed E-state index contributed by atoms with van der Waals surface area (Å²) in [6, 6.07) is 9.97. The summed E-state index contributed by atoms with van der Waals surface area (Å²) in [5, 5.41) is 15.7. The molecule has 7 nitrogen and oxygen atoms in total. The van der Waals surface area contributed by atoms with Crippen LogP contribution in [0.2, 0.25) is 0 Å². The zero-order valence-corrected chi connectivity index (χ0v) is 16.7. The highest BCUT2D eigenvalue weighted by atomic mass is 79.9. The fraction of sp³-hybridized carbons (Fsp3) is 0.250. The summed E-state index contributed by atoms with van der Waals surface area (Å²) in [5.74, 6) is 1.31. The van der Waals surface area contributed by atoms with Crippen LogP contribution >= 0.6 is 15.9 Å². The summed E-state index contributed by atoms with van der Waals surface area (Å²) in [7, 11) is 0. The molecule has 0 amide bonds. The first kappa shape index (κ1) is 17.4. The molecule has 3 N–H and O–H groups in total. The van der Waals surface area contributed by atoms with Crippen molar-refractivity contribution in [2.75, 3.05) is 18.4 Å². The quantitative estimate of drug-likeness (QED) is 0.443. The fourth-order valence-electron chi connectivity index (χ4n) is 3.46. The number of benzene rings is 2. The van der Waals surface area contributed by atoms with Gasteiger partial charge in [-0.15, -0.1) is 0 Å². The van der Waals surface area contributed by atoms with Crippen LogP contribution in [0.4, 0.5) is 11.6 Å². The molecule has 1 fully saturated rings. The molecule has 0 spiro atoms. The summed E-state index contributed by atoms with van der Waals surface area (Å²) >= 11 is 3.57. The van der Waals surface area contributed by atoms with Gasteiger partial charge >= 0.3 is 0 Å². The Morgan fingerprint density at radius 3 is 2.86 bits per heavy atom. The van der Waals surface area contributed by atoms with Crippen molar-refractivity contribution in [3.8, 4) is 5.75 Å². The van der Waals surface area contributed by atoms with Gasteiger partial charge in [-0.2, -0.15) is 5.10 Å². The Bertz CT molecular complexity index is 1140. The second kappa shape index (κ2) is 7.37. The third-order valence-electron chi connectivity index (χ3n) is 4.89. The number of hydrogen-bond acceptors (Lipinski definition) is 6. The Morgan fingerprint density at radius 2 is 1.96 bits per heavy atom. The minimum atomic E-state index is 0.202. The van der Waals surface area contributed by atoms with Gasteiger partial charge in [0.25, 0.3) is 0 Å². The van der Waals surface area contributed by atoms with Crippen molar-refractivity contribution in [2.45, 2.75) is 18.9 Å². The molecule has 3 heterocycles. The zero-order valence-electron chi connectivity index (χ0n) is 15.1. The van der Waals surface area contributed by atoms with Crippen LogP contribution in [0.5, 0.6) is 5.75 Å². The van der Waals surface area contributed by atoms with Gasteiger partial charge in [-0.25, -0.2) is 9.97 Å². The number of aromatic nitrogens is 4. The van der Waals surface area contributed by atoms with Gasteiger partial charge < -0.3 is 15.4 Å². The molecule has 28 heavy (non-hydrogen) atoms. The number of aromatic amines is 1. The Balaban J connectivity index is 1.48. The maximum absolute atomic E-state index is 6.30. The first-order valence-electron chi connectivity index (χ1n) is 9.28. The van der Waals surface area contributed by atoms with E-state index in [0.29, 0.717) is 5.95 Å². The van der Waals surface area contributed by atoms with E-state index in [1.54, 1.807) is 6.20 Å². The highest BCUT2D eigenvalue weighted by Gasteiger charge is 2.17. The number of fused-ring (bicyclic) bond motifs is 2. The van der Waals surface area contributed by atoms with Crippen LogP contribution in [0, 0.1) is 0 Å². The minimum absolute atomic E-state index is 0.202. The van der Waals surface area contributed by atoms with Gasteiger partial charge in [-0.1, -0.05) is 15.9 Å². The van der Waals surface area contributed by atoms with Crippen LogP contribution in [-0.4, -0.2) is 39.4 Å². The lowest BCUT2D eigenvalue weighted by atomic mass is 10.1. The Morgan fingerprint density at radius 1 is 1.07 bits per heavy atom. The second-order valence-electron chi connectivity index (χ2n) is 6.90. The van der Waals surface area contributed by atoms with E-state index in [1.165, 1.54) is 0 Å².